The van der Waals surface area contributed by atoms with Crippen molar-refractivity contribution in [3.8, 4) is 5.75 Å². The van der Waals surface area contributed by atoms with Crippen molar-refractivity contribution in [1.82, 2.24) is 4.98 Å². The third kappa shape index (κ3) is 5.36. The molecule has 3 aromatic rings. The second kappa shape index (κ2) is 10.1. The summed E-state index contributed by atoms with van der Waals surface area (Å²) in [5.41, 5.74) is 1.24. The van der Waals surface area contributed by atoms with Crippen LogP contribution in [0, 0.1) is 0 Å². The van der Waals surface area contributed by atoms with Crippen molar-refractivity contribution in [2.45, 2.75) is 11.8 Å². The largest absolute Gasteiger partial charge is 0.497 e. The fourth-order valence-corrected chi connectivity index (χ4v) is 4.55. The Balaban J connectivity index is 1.68. The molecule has 32 heavy (non-hydrogen) atoms. The Morgan fingerprint density at radius 3 is 2.28 bits per heavy atom. The first-order valence-corrected chi connectivity index (χ1v) is 11.5. The molecule has 0 spiro atoms. The highest BCUT2D eigenvalue weighted by molar-refractivity contribution is 7.92. The highest BCUT2D eigenvalue weighted by atomic mass is 32.2. The zero-order chi connectivity index (χ0) is 23.1. The van der Waals surface area contributed by atoms with Gasteiger partial charge in [0.2, 0.25) is 5.91 Å². The molecule has 0 fully saturated rings. The highest BCUT2D eigenvalue weighted by Gasteiger charge is 2.24. The molecule has 3 rings (SSSR count). The molecule has 0 aliphatic heterocycles. The number of para-hydroxylation sites is 1. The van der Waals surface area contributed by atoms with Gasteiger partial charge in [0.05, 0.1) is 19.3 Å². The highest BCUT2D eigenvalue weighted by Crippen LogP contribution is 2.24. The Morgan fingerprint density at radius 1 is 1.03 bits per heavy atom. The number of benzene rings is 2. The number of amides is 1. The van der Waals surface area contributed by atoms with Crippen LogP contribution in [0.4, 0.5) is 17.2 Å². The number of nitrogens with one attached hydrogen (secondary N) is 1. The topological polar surface area (TPSA) is 91.8 Å². The number of sulfonamides is 1. The van der Waals surface area contributed by atoms with Gasteiger partial charge in [0.15, 0.2) is 0 Å². The summed E-state index contributed by atoms with van der Waals surface area (Å²) in [4.78, 5) is 18.3. The molecule has 8 nitrogen and oxygen atoms in total. The first-order chi connectivity index (χ1) is 15.3. The molecule has 0 aliphatic rings. The molecule has 0 radical (unpaired) electrons. The first-order valence-electron chi connectivity index (χ1n) is 10.0. The number of hydrogen-bond donors (Lipinski definition) is 1. The van der Waals surface area contributed by atoms with E-state index in [0.29, 0.717) is 29.5 Å². The molecule has 0 saturated carbocycles. The first kappa shape index (κ1) is 23.1. The second-order valence-electron chi connectivity index (χ2n) is 6.99. The van der Waals surface area contributed by atoms with Gasteiger partial charge in [-0.05, 0) is 55.5 Å². The molecule has 2 aromatic carbocycles. The van der Waals surface area contributed by atoms with Crippen LogP contribution in [0.5, 0.6) is 5.75 Å². The Morgan fingerprint density at radius 2 is 1.72 bits per heavy atom. The normalized spacial score (nSPS) is 11.0. The van der Waals surface area contributed by atoms with E-state index in [4.69, 9.17) is 4.74 Å². The van der Waals surface area contributed by atoms with Gasteiger partial charge < -0.3 is 15.0 Å². The van der Waals surface area contributed by atoms with E-state index in [1.807, 2.05) is 6.07 Å². The second-order valence-corrected chi connectivity index (χ2v) is 8.85. The van der Waals surface area contributed by atoms with E-state index in [0.717, 1.165) is 0 Å². The van der Waals surface area contributed by atoms with Crippen molar-refractivity contribution >= 4 is 33.1 Å². The summed E-state index contributed by atoms with van der Waals surface area (Å²) in [5, 5.41) is 2.80. The van der Waals surface area contributed by atoms with Crippen molar-refractivity contribution in [1.29, 1.82) is 0 Å². The lowest BCUT2D eigenvalue weighted by Gasteiger charge is -2.23. The van der Waals surface area contributed by atoms with Crippen molar-refractivity contribution in [2.24, 2.45) is 0 Å². The maximum absolute atomic E-state index is 13.1. The molecular weight excluding hydrogens is 428 g/mol. The summed E-state index contributed by atoms with van der Waals surface area (Å²) in [6.07, 6.45) is 1.31. The number of likely N-dealkylation sites (N-methyl/N-ethyl adjacent to an activating group) is 1. The van der Waals surface area contributed by atoms with Gasteiger partial charge in [0, 0.05) is 25.5 Å². The SMILES string of the molecule is CCN(c1ccccc1)S(=O)(=O)c1ccc(N(C)CC(=O)Nc2ccc(OC)cc2)nc1. The maximum atomic E-state index is 13.1. The third-order valence-electron chi connectivity index (χ3n) is 4.79. The monoisotopic (exact) mass is 454 g/mol. The zero-order valence-corrected chi connectivity index (χ0v) is 19.0. The number of hydrogen-bond acceptors (Lipinski definition) is 6. The van der Waals surface area contributed by atoms with Gasteiger partial charge in [-0.3, -0.25) is 9.10 Å². The molecule has 0 unspecified atom stereocenters. The van der Waals surface area contributed by atoms with Gasteiger partial charge in [-0.2, -0.15) is 0 Å². The summed E-state index contributed by atoms with van der Waals surface area (Å²) in [5.74, 6) is 0.960. The Kier molecular flexibility index (Phi) is 7.32. The number of anilines is 3. The van der Waals surface area contributed by atoms with Crippen LogP contribution in [0.1, 0.15) is 6.92 Å². The number of methoxy groups -OCH3 is 1. The maximum Gasteiger partial charge on any atom is 0.265 e. The smallest absolute Gasteiger partial charge is 0.265 e. The zero-order valence-electron chi connectivity index (χ0n) is 18.2. The number of rotatable bonds is 9. The number of pyridine rings is 1. The number of ether oxygens (including phenoxy) is 1. The van der Waals surface area contributed by atoms with Gasteiger partial charge in [0.1, 0.15) is 16.5 Å². The molecule has 9 heteroatoms. The molecule has 0 saturated heterocycles. The fourth-order valence-electron chi connectivity index (χ4n) is 3.13. The molecule has 1 N–H and O–H groups in total. The Hall–Kier alpha value is -3.59. The molecule has 1 heterocycles. The van der Waals surface area contributed by atoms with E-state index in [9.17, 15) is 13.2 Å². The predicted octanol–water partition coefficient (Wildman–Crippen LogP) is 3.38. The van der Waals surface area contributed by atoms with Crippen LogP contribution in [0.2, 0.25) is 0 Å². The van der Waals surface area contributed by atoms with E-state index in [1.165, 1.54) is 16.6 Å². The van der Waals surface area contributed by atoms with E-state index in [1.54, 1.807) is 80.6 Å². The molecule has 1 aromatic heterocycles. The minimum absolute atomic E-state index is 0.0518. The van der Waals surface area contributed by atoms with Gasteiger partial charge in [-0.1, -0.05) is 18.2 Å². The van der Waals surface area contributed by atoms with Crippen LogP contribution in [0.25, 0.3) is 0 Å². The number of nitrogens with zero attached hydrogens (tertiary/aromatic N) is 3. The minimum atomic E-state index is -3.75. The van der Waals surface area contributed by atoms with Crippen molar-refractivity contribution in [2.75, 3.05) is 41.8 Å². The summed E-state index contributed by atoms with van der Waals surface area (Å²) >= 11 is 0. The summed E-state index contributed by atoms with van der Waals surface area (Å²) in [6, 6.07) is 19.0. The van der Waals surface area contributed by atoms with E-state index in [2.05, 4.69) is 10.3 Å². The van der Waals surface area contributed by atoms with Crippen LogP contribution in [0.15, 0.2) is 77.8 Å². The Labute approximate surface area is 188 Å². The van der Waals surface area contributed by atoms with E-state index >= 15 is 0 Å². The number of aromatic nitrogens is 1. The van der Waals surface area contributed by atoms with Gasteiger partial charge in [-0.25, -0.2) is 13.4 Å². The van der Waals surface area contributed by atoms with Gasteiger partial charge in [0.25, 0.3) is 10.0 Å². The summed E-state index contributed by atoms with van der Waals surface area (Å²) in [6.45, 7) is 2.12. The van der Waals surface area contributed by atoms with Crippen LogP contribution in [-0.4, -0.2) is 46.6 Å². The quantitative estimate of drug-likeness (QED) is 0.533. The molecule has 0 bridgehead atoms. The van der Waals surface area contributed by atoms with E-state index in [-0.39, 0.29) is 17.3 Å². The predicted molar refractivity (Wildman–Crippen MR) is 126 cm³/mol. The average Bonchev–Trinajstić information content (AvgIpc) is 2.80. The van der Waals surface area contributed by atoms with Crippen LogP contribution in [0.3, 0.4) is 0 Å². The Bertz CT molecular complexity index is 1130. The number of carbonyl (C=O) groups excluding carboxylic acids is 1. The van der Waals surface area contributed by atoms with E-state index < -0.39 is 10.0 Å². The van der Waals surface area contributed by atoms with Crippen LogP contribution in [-0.2, 0) is 14.8 Å². The van der Waals surface area contributed by atoms with Gasteiger partial charge >= 0.3 is 0 Å². The van der Waals surface area contributed by atoms with Crippen molar-refractivity contribution in [3.63, 3.8) is 0 Å². The number of carbonyl (C=O) groups is 1. The lowest BCUT2D eigenvalue weighted by Crippen LogP contribution is -2.32. The molecule has 0 atom stereocenters. The average molecular weight is 455 g/mol. The third-order valence-corrected chi connectivity index (χ3v) is 6.67. The van der Waals surface area contributed by atoms with Crippen molar-refractivity contribution < 1.29 is 17.9 Å². The summed E-state index contributed by atoms with van der Waals surface area (Å²) in [7, 11) is -0.462. The molecular formula is C23H26N4O4S. The lowest BCUT2D eigenvalue weighted by molar-refractivity contribution is -0.114. The molecule has 168 valence electrons. The summed E-state index contributed by atoms with van der Waals surface area (Å²) < 4.78 is 32.6. The minimum Gasteiger partial charge on any atom is -0.497 e. The van der Waals surface area contributed by atoms with Gasteiger partial charge in [-0.15, -0.1) is 0 Å². The fraction of sp³-hybridized carbons (Fsp3) is 0.217. The standard InChI is InChI=1S/C23H26N4O4S/c1-4-27(19-8-6-5-7-9-19)32(29,30)21-14-15-22(24-16-21)26(2)17-23(28)25-18-10-12-20(31-3)13-11-18/h5-16H,4,17H2,1-3H3,(H,25,28). The van der Waals surface area contributed by atoms with Crippen molar-refractivity contribution in [3.05, 3.63) is 72.9 Å². The van der Waals surface area contributed by atoms with Crippen LogP contribution >= 0.6 is 0 Å². The molecule has 0 aliphatic carbocycles. The van der Waals surface area contributed by atoms with Crippen LogP contribution < -0.4 is 19.3 Å². The molecule has 1 amide bonds. The lowest BCUT2D eigenvalue weighted by atomic mass is 10.3.